The van der Waals surface area contributed by atoms with E-state index >= 15 is 0 Å². The summed E-state index contributed by atoms with van der Waals surface area (Å²) in [5.41, 5.74) is 7.38. The molecule has 0 aliphatic carbocycles. The third-order valence-corrected chi connectivity index (χ3v) is 2.79. The molecule has 1 aromatic heterocycles. The van der Waals surface area contributed by atoms with Crippen molar-refractivity contribution in [3.05, 3.63) is 53.9 Å². The first-order valence-corrected chi connectivity index (χ1v) is 6.05. The molecule has 0 aliphatic heterocycles. The van der Waals surface area contributed by atoms with E-state index in [2.05, 4.69) is 15.6 Å². The standard InChI is InChI=1S/C13H17N5O/c14-13(17-19)12-5-2-1-4-11(12)10-15-7-9-18-8-3-6-16-18/h1-6,8,15,19H,7,9-10H2,(H2,14,17). The number of rotatable bonds is 6. The van der Waals surface area contributed by atoms with Crippen molar-refractivity contribution in [1.82, 2.24) is 15.1 Å². The third kappa shape index (κ3) is 3.56. The molecular formula is C13H17N5O. The van der Waals surface area contributed by atoms with Crippen molar-refractivity contribution < 1.29 is 5.21 Å². The van der Waals surface area contributed by atoms with E-state index in [1.165, 1.54) is 0 Å². The molecule has 0 bridgehead atoms. The number of aromatic nitrogens is 2. The van der Waals surface area contributed by atoms with E-state index in [1.807, 2.05) is 41.2 Å². The Morgan fingerprint density at radius 1 is 1.37 bits per heavy atom. The first-order valence-electron chi connectivity index (χ1n) is 6.05. The average molecular weight is 259 g/mol. The molecule has 0 saturated carbocycles. The molecule has 1 heterocycles. The molecule has 0 fully saturated rings. The van der Waals surface area contributed by atoms with Gasteiger partial charge in [-0.05, 0) is 11.6 Å². The van der Waals surface area contributed by atoms with Gasteiger partial charge in [-0.3, -0.25) is 4.68 Å². The van der Waals surface area contributed by atoms with Crippen LogP contribution in [-0.4, -0.2) is 27.4 Å². The van der Waals surface area contributed by atoms with Gasteiger partial charge < -0.3 is 16.3 Å². The van der Waals surface area contributed by atoms with Crippen LogP contribution in [0.2, 0.25) is 0 Å². The topological polar surface area (TPSA) is 88.5 Å². The first kappa shape index (κ1) is 13.1. The predicted molar refractivity (Wildman–Crippen MR) is 72.9 cm³/mol. The Labute approximate surface area is 111 Å². The summed E-state index contributed by atoms with van der Waals surface area (Å²) in [5, 5.41) is 19.2. The number of oxime groups is 1. The number of nitrogens with one attached hydrogen (secondary N) is 1. The number of hydrogen-bond donors (Lipinski definition) is 3. The van der Waals surface area contributed by atoms with Crippen LogP contribution in [0.25, 0.3) is 0 Å². The van der Waals surface area contributed by atoms with Crippen LogP contribution in [-0.2, 0) is 13.1 Å². The van der Waals surface area contributed by atoms with Crippen LogP contribution < -0.4 is 11.1 Å². The predicted octanol–water partition coefficient (Wildman–Crippen LogP) is 0.767. The lowest BCUT2D eigenvalue weighted by Crippen LogP contribution is -2.22. The van der Waals surface area contributed by atoms with Crippen LogP contribution in [0.4, 0.5) is 0 Å². The second-order valence-electron chi connectivity index (χ2n) is 4.09. The van der Waals surface area contributed by atoms with Crippen molar-refractivity contribution >= 4 is 5.84 Å². The lowest BCUT2D eigenvalue weighted by atomic mass is 10.1. The van der Waals surface area contributed by atoms with E-state index in [0.29, 0.717) is 6.54 Å². The number of nitrogens with zero attached hydrogens (tertiary/aromatic N) is 3. The number of nitrogens with two attached hydrogens (primary N) is 1. The van der Waals surface area contributed by atoms with Gasteiger partial charge in [0.25, 0.3) is 0 Å². The average Bonchev–Trinajstić information content (AvgIpc) is 2.96. The van der Waals surface area contributed by atoms with Crippen LogP contribution in [0.3, 0.4) is 0 Å². The Hall–Kier alpha value is -2.34. The highest BCUT2D eigenvalue weighted by Gasteiger charge is 2.05. The van der Waals surface area contributed by atoms with Gasteiger partial charge in [-0.25, -0.2) is 0 Å². The quantitative estimate of drug-likeness (QED) is 0.235. The molecule has 0 unspecified atom stereocenters. The minimum absolute atomic E-state index is 0.129. The molecule has 0 spiro atoms. The maximum absolute atomic E-state index is 8.74. The molecule has 0 radical (unpaired) electrons. The molecule has 0 saturated heterocycles. The second kappa shape index (κ2) is 6.55. The number of amidine groups is 1. The van der Waals surface area contributed by atoms with Crippen molar-refractivity contribution in [2.24, 2.45) is 10.9 Å². The van der Waals surface area contributed by atoms with E-state index in [-0.39, 0.29) is 5.84 Å². The molecule has 6 nitrogen and oxygen atoms in total. The van der Waals surface area contributed by atoms with E-state index in [9.17, 15) is 0 Å². The fourth-order valence-electron chi connectivity index (χ4n) is 1.83. The van der Waals surface area contributed by atoms with E-state index < -0.39 is 0 Å². The van der Waals surface area contributed by atoms with Gasteiger partial charge in [0.2, 0.25) is 0 Å². The minimum atomic E-state index is 0.129. The van der Waals surface area contributed by atoms with Crippen LogP contribution in [0.1, 0.15) is 11.1 Å². The highest BCUT2D eigenvalue weighted by molar-refractivity contribution is 5.98. The molecule has 0 aliphatic rings. The van der Waals surface area contributed by atoms with Crippen LogP contribution in [0.5, 0.6) is 0 Å². The third-order valence-electron chi connectivity index (χ3n) is 2.79. The van der Waals surface area contributed by atoms with Crippen molar-refractivity contribution in [3.8, 4) is 0 Å². The fourth-order valence-corrected chi connectivity index (χ4v) is 1.83. The molecular weight excluding hydrogens is 242 g/mol. The van der Waals surface area contributed by atoms with Gasteiger partial charge in [-0.1, -0.05) is 29.4 Å². The Balaban J connectivity index is 1.89. The van der Waals surface area contributed by atoms with Gasteiger partial charge in [-0.15, -0.1) is 0 Å². The summed E-state index contributed by atoms with van der Waals surface area (Å²) in [4.78, 5) is 0. The number of benzene rings is 1. The smallest absolute Gasteiger partial charge is 0.170 e. The normalized spacial score (nSPS) is 11.7. The van der Waals surface area contributed by atoms with Crippen LogP contribution >= 0.6 is 0 Å². The van der Waals surface area contributed by atoms with E-state index in [0.717, 1.165) is 24.2 Å². The van der Waals surface area contributed by atoms with Crippen molar-refractivity contribution in [1.29, 1.82) is 0 Å². The lowest BCUT2D eigenvalue weighted by molar-refractivity contribution is 0.318. The van der Waals surface area contributed by atoms with E-state index in [1.54, 1.807) is 6.20 Å². The Morgan fingerprint density at radius 2 is 2.21 bits per heavy atom. The molecule has 1 aromatic carbocycles. The Bertz CT molecular complexity index is 536. The first-order chi connectivity index (χ1) is 9.31. The van der Waals surface area contributed by atoms with Gasteiger partial charge in [0.05, 0.1) is 6.54 Å². The summed E-state index contributed by atoms with van der Waals surface area (Å²) in [7, 11) is 0. The highest BCUT2D eigenvalue weighted by Crippen LogP contribution is 2.07. The number of hydrogen-bond acceptors (Lipinski definition) is 4. The molecule has 0 atom stereocenters. The zero-order valence-corrected chi connectivity index (χ0v) is 10.5. The zero-order valence-electron chi connectivity index (χ0n) is 10.5. The fraction of sp³-hybridized carbons (Fsp3) is 0.231. The largest absolute Gasteiger partial charge is 0.409 e. The summed E-state index contributed by atoms with van der Waals surface area (Å²) in [5.74, 6) is 0.129. The van der Waals surface area contributed by atoms with Gasteiger partial charge in [0, 0.05) is 31.0 Å². The summed E-state index contributed by atoms with van der Waals surface area (Å²) < 4.78 is 1.86. The van der Waals surface area contributed by atoms with E-state index in [4.69, 9.17) is 10.9 Å². The summed E-state index contributed by atoms with van der Waals surface area (Å²) >= 11 is 0. The highest BCUT2D eigenvalue weighted by atomic mass is 16.4. The van der Waals surface area contributed by atoms with Gasteiger partial charge in [-0.2, -0.15) is 5.10 Å². The molecule has 2 aromatic rings. The van der Waals surface area contributed by atoms with Crippen molar-refractivity contribution in [3.63, 3.8) is 0 Å². The summed E-state index contributed by atoms with van der Waals surface area (Å²) in [6.07, 6.45) is 3.68. The van der Waals surface area contributed by atoms with Crippen LogP contribution in [0, 0.1) is 0 Å². The molecule has 19 heavy (non-hydrogen) atoms. The zero-order chi connectivity index (χ0) is 13.5. The monoisotopic (exact) mass is 259 g/mol. The van der Waals surface area contributed by atoms with Crippen LogP contribution in [0.15, 0.2) is 47.9 Å². The molecule has 100 valence electrons. The molecule has 0 amide bonds. The Morgan fingerprint density at radius 3 is 2.95 bits per heavy atom. The maximum atomic E-state index is 8.74. The maximum Gasteiger partial charge on any atom is 0.170 e. The molecule has 6 heteroatoms. The van der Waals surface area contributed by atoms with Crippen molar-refractivity contribution in [2.75, 3.05) is 6.54 Å². The minimum Gasteiger partial charge on any atom is -0.409 e. The van der Waals surface area contributed by atoms with Gasteiger partial charge in [0.15, 0.2) is 5.84 Å². The Kier molecular flexibility index (Phi) is 4.52. The molecule has 4 N–H and O–H groups in total. The van der Waals surface area contributed by atoms with Gasteiger partial charge in [0.1, 0.15) is 0 Å². The molecule has 2 rings (SSSR count). The SMILES string of the molecule is NC(=NO)c1ccccc1CNCCn1cccn1. The van der Waals surface area contributed by atoms with Gasteiger partial charge >= 0.3 is 0 Å². The van der Waals surface area contributed by atoms with Crippen molar-refractivity contribution in [2.45, 2.75) is 13.1 Å². The lowest BCUT2D eigenvalue weighted by Gasteiger charge is -2.09. The second-order valence-corrected chi connectivity index (χ2v) is 4.09. The summed E-state index contributed by atoms with van der Waals surface area (Å²) in [6.45, 7) is 2.26. The summed E-state index contributed by atoms with van der Waals surface area (Å²) in [6, 6.07) is 9.47.